The number of pyridine rings is 1. The summed E-state index contributed by atoms with van der Waals surface area (Å²) in [6, 6.07) is 3.76. The zero-order valence-corrected chi connectivity index (χ0v) is 15.0. The predicted octanol–water partition coefficient (Wildman–Crippen LogP) is 2.06. The Hall–Kier alpha value is -2.11. The fourth-order valence-corrected chi connectivity index (χ4v) is 3.66. The molecule has 2 aliphatic heterocycles. The fraction of sp³-hybridized carbons (Fsp3) is 0.632. The van der Waals surface area contributed by atoms with Crippen molar-refractivity contribution in [3.8, 4) is 0 Å². The largest absolute Gasteiger partial charge is 0.357 e. The molecule has 6 nitrogen and oxygen atoms in total. The molecule has 3 rings (SSSR count). The van der Waals surface area contributed by atoms with Crippen LogP contribution in [0.2, 0.25) is 0 Å². The molecule has 0 unspecified atom stereocenters. The molecule has 0 aliphatic carbocycles. The molecule has 0 aromatic carbocycles. The normalized spacial score (nSPS) is 18.9. The molecule has 0 saturated carbocycles. The first kappa shape index (κ1) is 17.7. The highest BCUT2D eigenvalue weighted by Crippen LogP contribution is 2.23. The number of anilines is 1. The molecule has 2 amide bonds. The van der Waals surface area contributed by atoms with Crippen molar-refractivity contribution in [3.05, 3.63) is 23.9 Å². The summed E-state index contributed by atoms with van der Waals surface area (Å²) in [7, 11) is 0. The van der Waals surface area contributed by atoms with Crippen LogP contribution in [0.1, 0.15) is 49.4 Å². The van der Waals surface area contributed by atoms with E-state index in [1.54, 1.807) is 13.1 Å². The number of piperidine rings is 2. The van der Waals surface area contributed by atoms with Gasteiger partial charge in [-0.15, -0.1) is 0 Å². The van der Waals surface area contributed by atoms with Crippen molar-refractivity contribution in [1.29, 1.82) is 0 Å². The summed E-state index contributed by atoms with van der Waals surface area (Å²) in [5.41, 5.74) is 0.743. The second kappa shape index (κ2) is 8.32. The van der Waals surface area contributed by atoms with E-state index in [-0.39, 0.29) is 11.8 Å². The molecule has 0 bridgehead atoms. The molecule has 2 aliphatic rings. The van der Waals surface area contributed by atoms with Crippen LogP contribution in [0.4, 0.5) is 5.82 Å². The Kier molecular flexibility index (Phi) is 5.89. The quantitative estimate of drug-likeness (QED) is 0.908. The average molecular weight is 344 g/mol. The Balaban J connectivity index is 1.58. The maximum absolute atomic E-state index is 12.7. The van der Waals surface area contributed by atoms with Crippen LogP contribution in [0, 0.1) is 5.92 Å². The Labute approximate surface area is 149 Å². The van der Waals surface area contributed by atoms with Gasteiger partial charge in [-0.2, -0.15) is 0 Å². The number of hydrogen-bond donors (Lipinski definition) is 1. The van der Waals surface area contributed by atoms with Crippen molar-refractivity contribution in [1.82, 2.24) is 15.2 Å². The van der Waals surface area contributed by atoms with E-state index < -0.39 is 0 Å². The van der Waals surface area contributed by atoms with Crippen LogP contribution < -0.4 is 10.2 Å². The summed E-state index contributed by atoms with van der Waals surface area (Å²) < 4.78 is 0. The van der Waals surface area contributed by atoms with Crippen molar-refractivity contribution in [2.45, 2.75) is 39.0 Å². The van der Waals surface area contributed by atoms with Crippen LogP contribution in [0.3, 0.4) is 0 Å². The number of carbonyl (C=O) groups excluding carboxylic acids is 2. The highest BCUT2D eigenvalue weighted by molar-refractivity contribution is 5.94. The molecule has 1 aromatic heterocycles. The second-order valence-electron chi connectivity index (χ2n) is 7.12. The molecule has 25 heavy (non-hydrogen) atoms. The molecule has 0 spiro atoms. The van der Waals surface area contributed by atoms with Gasteiger partial charge in [0.1, 0.15) is 5.82 Å². The topological polar surface area (TPSA) is 65.5 Å². The minimum Gasteiger partial charge on any atom is -0.357 e. The van der Waals surface area contributed by atoms with E-state index in [9.17, 15) is 9.59 Å². The van der Waals surface area contributed by atoms with Gasteiger partial charge >= 0.3 is 0 Å². The number of nitrogens with zero attached hydrogens (tertiary/aromatic N) is 3. The minimum absolute atomic E-state index is 0.0352. The molecule has 2 saturated heterocycles. The first-order valence-corrected chi connectivity index (χ1v) is 9.38. The third kappa shape index (κ3) is 4.71. The summed E-state index contributed by atoms with van der Waals surface area (Å²) >= 11 is 0. The van der Waals surface area contributed by atoms with Gasteiger partial charge in [0.15, 0.2) is 0 Å². The van der Waals surface area contributed by atoms with E-state index in [0.717, 1.165) is 69.8 Å². The average Bonchev–Trinajstić information content (AvgIpc) is 2.67. The van der Waals surface area contributed by atoms with Gasteiger partial charge in [-0.1, -0.05) is 0 Å². The van der Waals surface area contributed by atoms with Crippen LogP contribution in [0.5, 0.6) is 0 Å². The summed E-state index contributed by atoms with van der Waals surface area (Å²) in [6.07, 6.45) is 7.24. The third-order valence-electron chi connectivity index (χ3n) is 5.21. The summed E-state index contributed by atoms with van der Waals surface area (Å²) in [5, 5.41) is 2.91. The molecule has 6 heteroatoms. The lowest BCUT2D eigenvalue weighted by molar-refractivity contribution is -0.119. The van der Waals surface area contributed by atoms with E-state index in [2.05, 4.69) is 15.2 Å². The van der Waals surface area contributed by atoms with Gasteiger partial charge in [-0.25, -0.2) is 4.98 Å². The number of carbonyl (C=O) groups is 2. The summed E-state index contributed by atoms with van der Waals surface area (Å²) in [6.45, 7) is 5.88. The molecular weight excluding hydrogens is 316 g/mol. The van der Waals surface area contributed by atoms with Gasteiger partial charge in [0.05, 0.1) is 0 Å². The number of hydrogen-bond acceptors (Lipinski definition) is 4. The van der Waals surface area contributed by atoms with Gasteiger partial charge in [0.25, 0.3) is 5.91 Å². The lowest BCUT2D eigenvalue weighted by Gasteiger charge is -2.33. The minimum atomic E-state index is 0.0352. The van der Waals surface area contributed by atoms with Crippen LogP contribution in [0.25, 0.3) is 0 Å². The van der Waals surface area contributed by atoms with Gasteiger partial charge in [0, 0.05) is 51.4 Å². The molecule has 1 N–H and O–H groups in total. The van der Waals surface area contributed by atoms with Crippen LogP contribution >= 0.6 is 0 Å². The van der Waals surface area contributed by atoms with Crippen molar-refractivity contribution in [2.75, 3.05) is 37.6 Å². The molecular formula is C19H28N4O2. The molecule has 136 valence electrons. The number of amides is 2. The van der Waals surface area contributed by atoms with Gasteiger partial charge < -0.3 is 15.1 Å². The Morgan fingerprint density at radius 2 is 1.88 bits per heavy atom. The first-order valence-electron chi connectivity index (χ1n) is 9.38. The number of nitrogens with one attached hydrogen (secondary N) is 1. The monoisotopic (exact) mass is 344 g/mol. The van der Waals surface area contributed by atoms with Crippen LogP contribution in [-0.4, -0.2) is 54.4 Å². The van der Waals surface area contributed by atoms with Gasteiger partial charge in [-0.3, -0.25) is 9.59 Å². The predicted molar refractivity (Wildman–Crippen MR) is 97.6 cm³/mol. The van der Waals surface area contributed by atoms with Crippen molar-refractivity contribution in [2.24, 2.45) is 5.92 Å². The van der Waals surface area contributed by atoms with Crippen molar-refractivity contribution >= 4 is 17.6 Å². The standard InChI is InChI=1S/C19H28N4O2/c1-15(24)21-14-16-6-11-22(12-7-16)18-13-17(5-8-20-18)19(25)23-9-3-2-4-10-23/h5,8,13,16H,2-4,6-7,9-12,14H2,1H3,(H,21,24). The fourth-order valence-electron chi connectivity index (χ4n) is 3.66. The Morgan fingerprint density at radius 1 is 1.16 bits per heavy atom. The number of aromatic nitrogens is 1. The molecule has 0 atom stereocenters. The van der Waals surface area contributed by atoms with Gasteiger partial charge in [-0.05, 0) is 50.2 Å². The van der Waals surface area contributed by atoms with E-state index in [1.165, 1.54) is 6.42 Å². The Morgan fingerprint density at radius 3 is 2.56 bits per heavy atom. The zero-order chi connectivity index (χ0) is 17.6. The molecule has 1 aromatic rings. The van der Waals surface area contributed by atoms with Crippen molar-refractivity contribution < 1.29 is 9.59 Å². The third-order valence-corrected chi connectivity index (χ3v) is 5.21. The molecule has 0 radical (unpaired) electrons. The SMILES string of the molecule is CC(=O)NCC1CCN(c2cc(C(=O)N3CCCCC3)ccn2)CC1. The van der Waals surface area contributed by atoms with Crippen molar-refractivity contribution in [3.63, 3.8) is 0 Å². The van der Waals surface area contributed by atoms with Crippen LogP contribution in [0.15, 0.2) is 18.3 Å². The lowest BCUT2D eigenvalue weighted by Crippen LogP contribution is -2.39. The van der Waals surface area contributed by atoms with E-state index in [1.807, 2.05) is 17.0 Å². The zero-order valence-electron chi connectivity index (χ0n) is 15.0. The Bertz CT molecular complexity index is 605. The highest BCUT2D eigenvalue weighted by atomic mass is 16.2. The maximum Gasteiger partial charge on any atom is 0.254 e. The van der Waals surface area contributed by atoms with Crippen LogP contribution in [-0.2, 0) is 4.79 Å². The van der Waals surface area contributed by atoms with E-state index in [0.29, 0.717) is 5.92 Å². The molecule has 2 fully saturated rings. The number of rotatable bonds is 4. The van der Waals surface area contributed by atoms with E-state index in [4.69, 9.17) is 0 Å². The second-order valence-corrected chi connectivity index (χ2v) is 7.12. The van der Waals surface area contributed by atoms with Gasteiger partial charge in [0.2, 0.25) is 5.91 Å². The van der Waals surface area contributed by atoms with E-state index >= 15 is 0 Å². The maximum atomic E-state index is 12.7. The lowest BCUT2D eigenvalue weighted by atomic mass is 9.96. The number of likely N-dealkylation sites (tertiary alicyclic amines) is 1. The smallest absolute Gasteiger partial charge is 0.254 e. The highest BCUT2D eigenvalue weighted by Gasteiger charge is 2.22. The summed E-state index contributed by atoms with van der Waals surface area (Å²) in [4.78, 5) is 32.4. The first-order chi connectivity index (χ1) is 12.1. The summed E-state index contributed by atoms with van der Waals surface area (Å²) in [5.74, 6) is 1.58. The molecule has 3 heterocycles.